The number of halogens is 1. The molecule has 1 aromatic rings. The van der Waals surface area contributed by atoms with Crippen molar-refractivity contribution in [3.8, 4) is 0 Å². The van der Waals surface area contributed by atoms with E-state index < -0.39 is 0 Å². The van der Waals surface area contributed by atoms with Crippen LogP contribution < -0.4 is 4.90 Å². The first kappa shape index (κ1) is 14.2. The Kier molecular flexibility index (Phi) is 6.26. The Balaban J connectivity index is 2.85. The van der Waals surface area contributed by atoms with E-state index in [4.69, 9.17) is 21.8 Å². The van der Waals surface area contributed by atoms with Crippen LogP contribution >= 0.6 is 11.6 Å². The van der Waals surface area contributed by atoms with Crippen molar-refractivity contribution in [1.29, 1.82) is 0 Å². The average molecular weight is 259 g/mol. The van der Waals surface area contributed by atoms with Crippen LogP contribution in [0.25, 0.3) is 0 Å². The molecule has 0 aliphatic heterocycles. The highest BCUT2D eigenvalue weighted by atomic mass is 35.5. The Morgan fingerprint density at radius 2 is 2.12 bits per heavy atom. The molecule has 4 nitrogen and oxygen atoms in total. The number of rotatable bonds is 7. The summed E-state index contributed by atoms with van der Waals surface area (Å²) in [5.41, 5.74) is 0.663. The van der Waals surface area contributed by atoms with Gasteiger partial charge in [-0.3, -0.25) is 0 Å². The lowest BCUT2D eigenvalue weighted by atomic mass is 10.2. The van der Waals surface area contributed by atoms with E-state index in [2.05, 4.69) is 11.9 Å². The highest BCUT2D eigenvalue weighted by Gasteiger charge is 2.09. The second kappa shape index (κ2) is 7.48. The fourth-order valence-corrected chi connectivity index (χ4v) is 1.74. The molecule has 5 heteroatoms. The van der Waals surface area contributed by atoms with E-state index in [-0.39, 0.29) is 13.2 Å². The first-order valence-corrected chi connectivity index (χ1v) is 6.21. The first-order chi connectivity index (χ1) is 8.22. The van der Waals surface area contributed by atoms with Crippen LogP contribution in [0.5, 0.6) is 0 Å². The smallest absolute Gasteiger partial charge is 0.129 e. The summed E-state index contributed by atoms with van der Waals surface area (Å²) in [6.45, 7) is 3.49. The van der Waals surface area contributed by atoms with Crippen LogP contribution in [0.4, 0.5) is 5.82 Å². The molecule has 0 fully saturated rings. The van der Waals surface area contributed by atoms with Crippen LogP contribution in [0.1, 0.15) is 25.3 Å². The van der Waals surface area contributed by atoms with Gasteiger partial charge in [-0.05, 0) is 12.5 Å². The summed E-state index contributed by atoms with van der Waals surface area (Å²) in [5.74, 6) is 0.751. The molecule has 1 aromatic heterocycles. The maximum absolute atomic E-state index is 9.15. The summed E-state index contributed by atoms with van der Waals surface area (Å²) >= 11 is 5.89. The molecule has 0 amide bonds. The van der Waals surface area contributed by atoms with Gasteiger partial charge in [-0.15, -0.1) is 0 Å². The van der Waals surface area contributed by atoms with E-state index in [1.54, 1.807) is 12.3 Å². The number of pyridine rings is 1. The summed E-state index contributed by atoms with van der Waals surface area (Å²) in [6.07, 6.45) is 3.67. The predicted octanol–water partition coefficient (Wildman–Crippen LogP) is 1.83. The molecule has 0 saturated heterocycles. The molecular formula is C12H19ClN2O2. The molecule has 0 saturated carbocycles. The van der Waals surface area contributed by atoms with Gasteiger partial charge in [0.25, 0.3) is 0 Å². The second-order valence-corrected chi connectivity index (χ2v) is 4.26. The molecule has 0 unspecified atom stereocenters. The lowest BCUT2D eigenvalue weighted by Crippen LogP contribution is -2.28. The Labute approximate surface area is 107 Å². The average Bonchev–Trinajstić information content (AvgIpc) is 2.35. The largest absolute Gasteiger partial charge is 0.395 e. The van der Waals surface area contributed by atoms with Gasteiger partial charge in [0.15, 0.2) is 0 Å². The third kappa shape index (κ3) is 4.15. The first-order valence-electron chi connectivity index (χ1n) is 5.84. The molecule has 1 heterocycles. The van der Waals surface area contributed by atoms with Crippen molar-refractivity contribution in [1.82, 2.24) is 4.98 Å². The van der Waals surface area contributed by atoms with E-state index in [0.717, 1.165) is 25.2 Å². The number of anilines is 1. The molecular weight excluding hydrogens is 240 g/mol. The van der Waals surface area contributed by atoms with Gasteiger partial charge in [0.05, 0.1) is 18.2 Å². The fraction of sp³-hybridized carbons (Fsp3) is 0.583. The molecule has 2 N–H and O–H groups in total. The molecule has 0 radical (unpaired) electrons. The predicted molar refractivity (Wildman–Crippen MR) is 69.4 cm³/mol. The highest BCUT2D eigenvalue weighted by Crippen LogP contribution is 2.20. The summed E-state index contributed by atoms with van der Waals surface area (Å²) in [7, 11) is 0. The van der Waals surface area contributed by atoms with Crippen molar-refractivity contribution in [2.45, 2.75) is 26.4 Å². The maximum Gasteiger partial charge on any atom is 0.129 e. The van der Waals surface area contributed by atoms with Crippen LogP contribution in [-0.2, 0) is 6.61 Å². The lowest BCUT2D eigenvalue weighted by Gasteiger charge is -2.23. The summed E-state index contributed by atoms with van der Waals surface area (Å²) in [4.78, 5) is 6.23. The van der Waals surface area contributed by atoms with Gasteiger partial charge in [-0.2, -0.15) is 0 Å². The van der Waals surface area contributed by atoms with E-state index in [0.29, 0.717) is 17.1 Å². The molecule has 0 spiro atoms. The molecule has 1 rings (SSSR count). The van der Waals surface area contributed by atoms with E-state index in [1.807, 2.05) is 4.90 Å². The third-order valence-electron chi connectivity index (χ3n) is 2.57. The number of nitrogens with zero attached hydrogens (tertiary/aromatic N) is 2. The summed E-state index contributed by atoms with van der Waals surface area (Å²) < 4.78 is 0. The zero-order valence-electron chi connectivity index (χ0n) is 10.1. The van der Waals surface area contributed by atoms with Gasteiger partial charge in [-0.1, -0.05) is 24.9 Å². The fourth-order valence-electron chi connectivity index (χ4n) is 1.57. The third-order valence-corrected chi connectivity index (χ3v) is 2.91. The van der Waals surface area contributed by atoms with Crippen LogP contribution in [0.15, 0.2) is 12.3 Å². The SMILES string of the molecule is CCCCN(CCO)c1cc(CO)c(Cl)cn1. The minimum absolute atomic E-state index is 0.0858. The van der Waals surface area contributed by atoms with Crippen molar-refractivity contribution in [3.63, 3.8) is 0 Å². The minimum Gasteiger partial charge on any atom is -0.395 e. The van der Waals surface area contributed by atoms with E-state index >= 15 is 0 Å². The molecule has 96 valence electrons. The van der Waals surface area contributed by atoms with Crippen LogP contribution in [0.3, 0.4) is 0 Å². The topological polar surface area (TPSA) is 56.6 Å². The van der Waals surface area contributed by atoms with Crippen molar-refractivity contribution in [2.75, 3.05) is 24.6 Å². The van der Waals surface area contributed by atoms with Crippen LogP contribution in [-0.4, -0.2) is 34.9 Å². The zero-order chi connectivity index (χ0) is 12.7. The van der Waals surface area contributed by atoms with Gasteiger partial charge >= 0.3 is 0 Å². The Bertz CT molecular complexity index is 347. The van der Waals surface area contributed by atoms with Crippen molar-refractivity contribution in [3.05, 3.63) is 22.8 Å². The molecule has 0 aromatic carbocycles. The Hall–Kier alpha value is -0.840. The number of aliphatic hydroxyl groups is 2. The Morgan fingerprint density at radius 3 is 2.71 bits per heavy atom. The monoisotopic (exact) mass is 258 g/mol. The molecule has 0 aliphatic carbocycles. The van der Waals surface area contributed by atoms with Crippen LogP contribution in [0, 0.1) is 0 Å². The molecule has 0 atom stereocenters. The van der Waals surface area contributed by atoms with Crippen LogP contribution in [0.2, 0.25) is 5.02 Å². The van der Waals surface area contributed by atoms with Crippen molar-refractivity contribution in [2.24, 2.45) is 0 Å². The molecule has 17 heavy (non-hydrogen) atoms. The number of hydrogen-bond acceptors (Lipinski definition) is 4. The standard InChI is InChI=1S/C12H19ClN2O2/c1-2-3-4-15(5-6-16)12-7-10(9-17)11(13)8-14-12/h7-8,16-17H,2-6,9H2,1H3. The van der Waals surface area contributed by atoms with Gasteiger partial charge in [0.2, 0.25) is 0 Å². The van der Waals surface area contributed by atoms with Gasteiger partial charge in [-0.25, -0.2) is 4.98 Å². The maximum atomic E-state index is 9.15. The zero-order valence-corrected chi connectivity index (χ0v) is 10.8. The normalized spacial score (nSPS) is 10.6. The summed E-state index contributed by atoms with van der Waals surface area (Å²) in [6, 6.07) is 1.77. The number of hydrogen-bond donors (Lipinski definition) is 2. The second-order valence-electron chi connectivity index (χ2n) is 3.86. The van der Waals surface area contributed by atoms with Crippen molar-refractivity contribution >= 4 is 17.4 Å². The van der Waals surface area contributed by atoms with Gasteiger partial charge in [0, 0.05) is 24.8 Å². The molecule has 0 aliphatic rings. The summed E-state index contributed by atoms with van der Waals surface area (Å²) in [5, 5.41) is 18.7. The minimum atomic E-state index is -0.102. The van der Waals surface area contributed by atoms with E-state index in [1.165, 1.54) is 0 Å². The van der Waals surface area contributed by atoms with Gasteiger partial charge < -0.3 is 15.1 Å². The lowest BCUT2D eigenvalue weighted by molar-refractivity contribution is 0.281. The number of aliphatic hydroxyl groups excluding tert-OH is 2. The molecule has 0 bridgehead atoms. The number of aromatic nitrogens is 1. The van der Waals surface area contributed by atoms with Gasteiger partial charge in [0.1, 0.15) is 5.82 Å². The van der Waals surface area contributed by atoms with E-state index in [9.17, 15) is 0 Å². The quantitative estimate of drug-likeness (QED) is 0.783. The highest BCUT2D eigenvalue weighted by molar-refractivity contribution is 6.31. The van der Waals surface area contributed by atoms with Crippen molar-refractivity contribution < 1.29 is 10.2 Å². The Morgan fingerprint density at radius 1 is 1.35 bits per heavy atom. The number of unbranched alkanes of at least 4 members (excludes halogenated alkanes) is 1.